The van der Waals surface area contributed by atoms with Gasteiger partial charge in [-0.15, -0.1) is 0 Å². The van der Waals surface area contributed by atoms with Crippen LogP contribution in [0.3, 0.4) is 0 Å². The van der Waals surface area contributed by atoms with Crippen LogP contribution < -0.4 is 0 Å². The molecule has 2 N–H and O–H groups in total. The quantitative estimate of drug-likeness (QED) is 0.411. The Kier molecular flexibility index (Phi) is 7.40. The average Bonchev–Trinajstić information content (AvgIpc) is 3.12. The van der Waals surface area contributed by atoms with Crippen molar-refractivity contribution in [3.63, 3.8) is 0 Å². The van der Waals surface area contributed by atoms with Gasteiger partial charge in [-0.25, -0.2) is 0 Å². The molecule has 7 nitrogen and oxygen atoms in total. The Balaban J connectivity index is 1.33. The zero-order valence-electron chi connectivity index (χ0n) is 19.5. The Morgan fingerprint density at radius 3 is 2.05 bits per heavy atom. The SMILES string of the molecule is O=C(O)[C@@H](CCN1C(=O)c2ccccc2C1=O)[C@H](O)CCc1ccc(-c2ccc(C(F)(F)F)cc2)nc1. The minimum absolute atomic E-state index is 0.0976. The molecule has 0 spiro atoms. The van der Waals surface area contributed by atoms with Crippen molar-refractivity contribution in [2.75, 3.05) is 6.54 Å². The largest absolute Gasteiger partial charge is 0.481 e. The molecule has 0 saturated heterocycles. The van der Waals surface area contributed by atoms with Gasteiger partial charge in [0.2, 0.25) is 0 Å². The molecule has 4 rings (SSSR count). The summed E-state index contributed by atoms with van der Waals surface area (Å²) in [6, 6.07) is 14.3. The van der Waals surface area contributed by atoms with Crippen molar-refractivity contribution < 1.29 is 37.8 Å². The minimum atomic E-state index is -4.42. The summed E-state index contributed by atoms with van der Waals surface area (Å²) in [5.74, 6) is -3.40. The lowest BCUT2D eigenvalue weighted by Crippen LogP contribution is -2.36. The first-order valence-electron chi connectivity index (χ1n) is 11.5. The fourth-order valence-corrected chi connectivity index (χ4v) is 4.28. The molecule has 2 heterocycles. The van der Waals surface area contributed by atoms with Gasteiger partial charge in [-0.2, -0.15) is 13.2 Å². The third kappa shape index (κ3) is 5.69. The number of hydrogen-bond donors (Lipinski definition) is 2. The van der Waals surface area contributed by atoms with E-state index in [1.165, 1.54) is 30.5 Å². The Labute approximate surface area is 210 Å². The smallest absolute Gasteiger partial charge is 0.416 e. The molecular weight excluding hydrogens is 489 g/mol. The monoisotopic (exact) mass is 512 g/mol. The van der Waals surface area contributed by atoms with Crippen molar-refractivity contribution in [2.45, 2.75) is 31.5 Å². The summed E-state index contributed by atoms with van der Waals surface area (Å²) in [7, 11) is 0. The van der Waals surface area contributed by atoms with Crippen LogP contribution in [0.4, 0.5) is 13.2 Å². The van der Waals surface area contributed by atoms with Crippen molar-refractivity contribution >= 4 is 17.8 Å². The summed E-state index contributed by atoms with van der Waals surface area (Å²) < 4.78 is 38.2. The summed E-state index contributed by atoms with van der Waals surface area (Å²) in [6.45, 7) is -0.135. The number of nitrogens with zero attached hydrogens (tertiary/aromatic N) is 2. The molecule has 2 amide bonds. The van der Waals surface area contributed by atoms with Gasteiger partial charge in [0.05, 0.1) is 34.4 Å². The highest BCUT2D eigenvalue weighted by Gasteiger charge is 2.36. The normalized spacial score (nSPS) is 15.0. The van der Waals surface area contributed by atoms with Gasteiger partial charge in [0.1, 0.15) is 0 Å². The lowest BCUT2D eigenvalue weighted by Gasteiger charge is -2.22. The van der Waals surface area contributed by atoms with Crippen molar-refractivity contribution in [3.05, 3.63) is 89.1 Å². The van der Waals surface area contributed by atoms with Gasteiger partial charge in [0.25, 0.3) is 11.8 Å². The first-order chi connectivity index (χ1) is 17.6. The fourth-order valence-electron chi connectivity index (χ4n) is 4.28. The molecule has 0 fully saturated rings. The Hall–Kier alpha value is -4.05. The Morgan fingerprint density at radius 2 is 1.54 bits per heavy atom. The number of aliphatic carboxylic acids is 1. The van der Waals surface area contributed by atoms with E-state index in [1.54, 1.807) is 24.3 Å². The van der Waals surface area contributed by atoms with Gasteiger partial charge < -0.3 is 10.2 Å². The van der Waals surface area contributed by atoms with Crippen LogP contribution in [0, 0.1) is 5.92 Å². The zero-order valence-corrected chi connectivity index (χ0v) is 19.5. The van der Waals surface area contributed by atoms with E-state index in [0.717, 1.165) is 17.0 Å². The van der Waals surface area contributed by atoms with Gasteiger partial charge in [0.15, 0.2) is 0 Å². The van der Waals surface area contributed by atoms with Crippen molar-refractivity contribution in [3.8, 4) is 11.3 Å². The lowest BCUT2D eigenvalue weighted by molar-refractivity contribution is -0.146. The number of benzene rings is 2. The number of hydrogen-bond acceptors (Lipinski definition) is 5. The van der Waals surface area contributed by atoms with Gasteiger partial charge in [-0.3, -0.25) is 24.3 Å². The second-order valence-electron chi connectivity index (χ2n) is 8.77. The molecule has 37 heavy (non-hydrogen) atoms. The molecule has 2 atom stereocenters. The van der Waals surface area contributed by atoms with Crippen LogP contribution >= 0.6 is 0 Å². The molecule has 0 radical (unpaired) electrons. The number of pyridine rings is 1. The highest BCUT2D eigenvalue weighted by molar-refractivity contribution is 6.21. The fraction of sp³-hybridized carbons (Fsp3) is 0.259. The molecule has 0 bridgehead atoms. The molecule has 1 aliphatic rings. The van der Waals surface area contributed by atoms with E-state index in [4.69, 9.17) is 0 Å². The number of amides is 2. The number of aromatic nitrogens is 1. The van der Waals surface area contributed by atoms with E-state index in [2.05, 4.69) is 4.98 Å². The molecule has 0 aliphatic carbocycles. The number of alkyl halides is 3. The molecule has 2 aromatic carbocycles. The molecule has 1 aromatic heterocycles. The number of halogens is 3. The predicted molar refractivity (Wildman–Crippen MR) is 127 cm³/mol. The summed E-state index contributed by atoms with van der Waals surface area (Å²) in [5, 5.41) is 20.2. The van der Waals surface area contributed by atoms with E-state index >= 15 is 0 Å². The third-order valence-electron chi connectivity index (χ3n) is 6.39. The van der Waals surface area contributed by atoms with E-state index in [-0.39, 0.29) is 30.5 Å². The molecule has 10 heteroatoms. The van der Waals surface area contributed by atoms with Gasteiger partial charge in [-0.05, 0) is 55.2 Å². The van der Waals surface area contributed by atoms with Gasteiger partial charge >= 0.3 is 12.1 Å². The van der Waals surface area contributed by atoms with Crippen LogP contribution in [0.2, 0.25) is 0 Å². The molecule has 0 unspecified atom stereocenters. The van der Waals surface area contributed by atoms with Gasteiger partial charge in [-0.1, -0.05) is 30.3 Å². The Bertz CT molecular complexity index is 1270. The molecule has 1 aliphatic heterocycles. The summed E-state index contributed by atoms with van der Waals surface area (Å²) in [5.41, 5.74) is 1.48. The second kappa shape index (κ2) is 10.5. The molecular formula is C27H23F3N2O5. The zero-order chi connectivity index (χ0) is 26.7. The maximum atomic E-state index is 12.7. The van der Waals surface area contributed by atoms with Crippen LogP contribution in [-0.2, 0) is 17.4 Å². The van der Waals surface area contributed by atoms with E-state index < -0.39 is 41.5 Å². The summed E-state index contributed by atoms with van der Waals surface area (Å²) >= 11 is 0. The van der Waals surface area contributed by atoms with E-state index in [1.807, 2.05) is 0 Å². The first-order valence-corrected chi connectivity index (χ1v) is 11.5. The third-order valence-corrected chi connectivity index (χ3v) is 6.39. The minimum Gasteiger partial charge on any atom is -0.481 e. The number of carbonyl (C=O) groups is 3. The Morgan fingerprint density at radius 1 is 0.919 bits per heavy atom. The number of aliphatic hydroxyl groups is 1. The number of aryl methyl sites for hydroxylation is 1. The molecule has 192 valence electrons. The highest BCUT2D eigenvalue weighted by Crippen LogP contribution is 2.31. The lowest BCUT2D eigenvalue weighted by atomic mass is 9.93. The number of carboxylic acid groups (broad SMARTS) is 1. The highest BCUT2D eigenvalue weighted by atomic mass is 19.4. The van der Waals surface area contributed by atoms with Crippen molar-refractivity contribution in [1.29, 1.82) is 0 Å². The number of rotatable bonds is 9. The topological polar surface area (TPSA) is 108 Å². The number of aliphatic hydroxyl groups excluding tert-OH is 1. The van der Waals surface area contributed by atoms with Crippen LogP contribution in [-0.4, -0.2) is 50.5 Å². The molecule has 0 saturated carbocycles. The first kappa shape index (κ1) is 26.0. The predicted octanol–water partition coefficient (Wildman–Crippen LogP) is 4.45. The standard InChI is InChI=1S/C27H23F3N2O5/c28-27(29,30)18-9-7-17(8-10-18)22-11-5-16(15-31-22)6-12-23(33)21(26(36)37)13-14-32-24(34)19-3-1-2-4-20(19)25(32)35/h1-5,7-11,15,21,23,33H,6,12-14H2,(H,36,37)/t21-,23+/m0/s1. The number of fused-ring (bicyclic) bond motifs is 1. The van der Waals surface area contributed by atoms with Crippen LogP contribution in [0.1, 0.15) is 44.7 Å². The van der Waals surface area contributed by atoms with Crippen molar-refractivity contribution in [1.82, 2.24) is 9.88 Å². The van der Waals surface area contributed by atoms with Crippen LogP contribution in [0.5, 0.6) is 0 Å². The van der Waals surface area contributed by atoms with E-state index in [9.17, 15) is 37.8 Å². The van der Waals surface area contributed by atoms with Crippen LogP contribution in [0.15, 0.2) is 66.9 Å². The second-order valence-corrected chi connectivity index (χ2v) is 8.77. The van der Waals surface area contributed by atoms with Crippen molar-refractivity contribution in [2.24, 2.45) is 5.92 Å². The average molecular weight is 512 g/mol. The molecule has 3 aromatic rings. The van der Waals surface area contributed by atoms with Gasteiger partial charge in [0, 0.05) is 18.3 Å². The summed E-state index contributed by atoms with van der Waals surface area (Å²) in [4.78, 5) is 42.1. The van der Waals surface area contributed by atoms with Crippen LogP contribution in [0.25, 0.3) is 11.3 Å². The number of carbonyl (C=O) groups excluding carboxylic acids is 2. The maximum Gasteiger partial charge on any atom is 0.416 e. The van der Waals surface area contributed by atoms with E-state index in [0.29, 0.717) is 23.2 Å². The summed E-state index contributed by atoms with van der Waals surface area (Å²) in [6.07, 6.45) is -3.84. The maximum absolute atomic E-state index is 12.7. The number of imide groups is 1. The number of carboxylic acids is 1.